The first-order valence-electron chi connectivity index (χ1n) is 6.87. The molecule has 0 saturated heterocycles. The van der Waals surface area contributed by atoms with Gasteiger partial charge in [-0.3, -0.25) is 0 Å². The first-order chi connectivity index (χ1) is 9.62. The number of nitrogens with two attached hydrogens (primary N) is 2. The van der Waals surface area contributed by atoms with E-state index < -0.39 is 0 Å². The van der Waals surface area contributed by atoms with Crippen molar-refractivity contribution in [2.24, 2.45) is 11.5 Å². The van der Waals surface area contributed by atoms with Crippen LogP contribution in [-0.2, 0) is 19.5 Å². The van der Waals surface area contributed by atoms with Crippen LogP contribution in [0.3, 0.4) is 0 Å². The monoisotopic (exact) mass is 272 g/mol. The minimum Gasteiger partial charge on any atom is -0.508 e. The number of phenolic OH excluding ortho intramolecular Hbond substituents is 1. The Morgan fingerprint density at radius 2 is 1.60 bits per heavy atom. The van der Waals surface area contributed by atoms with Gasteiger partial charge in [-0.2, -0.15) is 0 Å². The second kappa shape index (κ2) is 8.35. The van der Waals surface area contributed by atoms with Crippen molar-refractivity contribution in [3.63, 3.8) is 0 Å². The van der Waals surface area contributed by atoms with Crippen LogP contribution in [0.1, 0.15) is 29.2 Å². The number of aromatic hydroxyl groups is 1. The minimum atomic E-state index is 0.312. The van der Waals surface area contributed by atoms with Crippen molar-refractivity contribution in [3.05, 3.63) is 64.7 Å². The first-order valence-corrected chi connectivity index (χ1v) is 6.87. The van der Waals surface area contributed by atoms with Crippen LogP contribution in [0.25, 0.3) is 0 Å². The molecule has 0 aliphatic rings. The summed E-state index contributed by atoms with van der Waals surface area (Å²) in [6.45, 7) is 5.17. The Morgan fingerprint density at radius 3 is 2.05 bits per heavy atom. The lowest BCUT2D eigenvalue weighted by atomic mass is 10.1. The highest BCUT2D eigenvalue weighted by atomic mass is 16.3. The van der Waals surface area contributed by atoms with Crippen LogP contribution >= 0.6 is 0 Å². The third-order valence-electron chi connectivity index (χ3n) is 3.26. The number of benzene rings is 2. The predicted octanol–water partition coefficient (Wildman–Crippen LogP) is 2.87. The Bertz CT molecular complexity index is 538. The number of hydrogen-bond donors (Lipinski definition) is 3. The zero-order valence-electron chi connectivity index (χ0n) is 12.3. The molecule has 0 spiro atoms. The molecule has 0 aliphatic heterocycles. The van der Waals surface area contributed by atoms with Gasteiger partial charge in [0.15, 0.2) is 0 Å². The quantitative estimate of drug-likeness (QED) is 0.804. The first kappa shape index (κ1) is 16.2. The summed E-state index contributed by atoms with van der Waals surface area (Å²) in [4.78, 5) is 0. The van der Waals surface area contributed by atoms with Crippen LogP contribution in [0.5, 0.6) is 5.75 Å². The van der Waals surface area contributed by atoms with Gasteiger partial charge in [-0.05, 0) is 36.1 Å². The number of hydrogen-bond acceptors (Lipinski definition) is 3. The van der Waals surface area contributed by atoms with Crippen molar-refractivity contribution in [3.8, 4) is 5.75 Å². The van der Waals surface area contributed by atoms with Crippen molar-refractivity contribution < 1.29 is 5.11 Å². The molecule has 108 valence electrons. The molecule has 0 saturated carbocycles. The summed E-state index contributed by atoms with van der Waals surface area (Å²) in [7, 11) is 0. The maximum absolute atomic E-state index is 9.34. The largest absolute Gasteiger partial charge is 0.508 e. The van der Waals surface area contributed by atoms with Gasteiger partial charge in [0.1, 0.15) is 5.75 Å². The molecule has 3 nitrogen and oxygen atoms in total. The number of aryl methyl sites for hydroxylation is 2. The third kappa shape index (κ3) is 4.68. The van der Waals surface area contributed by atoms with E-state index in [1.165, 1.54) is 11.1 Å². The molecule has 20 heavy (non-hydrogen) atoms. The highest BCUT2D eigenvalue weighted by molar-refractivity contribution is 5.36. The Morgan fingerprint density at radius 1 is 0.950 bits per heavy atom. The van der Waals surface area contributed by atoms with Gasteiger partial charge < -0.3 is 16.6 Å². The van der Waals surface area contributed by atoms with Crippen LogP contribution in [-0.4, -0.2) is 5.11 Å². The van der Waals surface area contributed by atoms with E-state index in [1.807, 2.05) is 24.3 Å². The molecule has 2 rings (SSSR count). The highest BCUT2D eigenvalue weighted by Crippen LogP contribution is 2.18. The fraction of sp³-hybridized carbons (Fsp3) is 0.294. The summed E-state index contributed by atoms with van der Waals surface area (Å²) < 4.78 is 0. The van der Waals surface area contributed by atoms with E-state index in [-0.39, 0.29) is 0 Å². The van der Waals surface area contributed by atoms with E-state index >= 15 is 0 Å². The Labute approximate surface area is 121 Å². The lowest BCUT2D eigenvalue weighted by Crippen LogP contribution is -1.97. The number of rotatable bonds is 3. The molecular formula is C17H24N2O. The zero-order chi connectivity index (χ0) is 15.0. The fourth-order valence-corrected chi connectivity index (χ4v) is 1.84. The molecule has 0 unspecified atom stereocenters. The summed E-state index contributed by atoms with van der Waals surface area (Å²) in [6, 6.07) is 13.8. The summed E-state index contributed by atoms with van der Waals surface area (Å²) in [5, 5.41) is 9.34. The molecule has 0 atom stereocenters. The Hall–Kier alpha value is -1.84. The number of phenols is 1. The van der Waals surface area contributed by atoms with Crippen LogP contribution in [0.15, 0.2) is 42.5 Å². The van der Waals surface area contributed by atoms with Crippen molar-refractivity contribution >= 4 is 0 Å². The summed E-state index contributed by atoms with van der Waals surface area (Å²) in [5.74, 6) is 0.312. The maximum atomic E-state index is 9.34. The SMILES string of the molecule is CCc1ccc(CN)c(O)c1.Cc1ccccc1CN. The van der Waals surface area contributed by atoms with E-state index in [0.717, 1.165) is 17.5 Å². The normalized spacial score (nSPS) is 9.80. The van der Waals surface area contributed by atoms with Gasteiger partial charge >= 0.3 is 0 Å². The third-order valence-corrected chi connectivity index (χ3v) is 3.26. The molecule has 0 fully saturated rings. The van der Waals surface area contributed by atoms with Gasteiger partial charge in [0.2, 0.25) is 0 Å². The second-order valence-corrected chi connectivity index (χ2v) is 4.65. The van der Waals surface area contributed by atoms with Gasteiger partial charge in [0, 0.05) is 18.7 Å². The topological polar surface area (TPSA) is 72.3 Å². The Kier molecular flexibility index (Phi) is 6.77. The maximum Gasteiger partial charge on any atom is 0.120 e. The molecule has 0 bridgehead atoms. The zero-order valence-corrected chi connectivity index (χ0v) is 12.3. The van der Waals surface area contributed by atoms with Crippen LogP contribution in [0.2, 0.25) is 0 Å². The minimum absolute atomic E-state index is 0.312. The van der Waals surface area contributed by atoms with Crippen molar-refractivity contribution in [2.75, 3.05) is 0 Å². The molecule has 2 aromatic rings. The van der Waals surface area contributed by atoms with Gasteiger partial charge in [0.05, 0.1) is 0 Å². The molecule has 2 aromatic carbocycles. The molecule has 0 amide bonds. The average molecular weight is 272 g/mol. The second-order valence-electron chi connectivity index (χ2n) is 4.65. The molecule has 3 heteroatoms. The highest BCUT2D eigenvalue weighted by Gasteiger charge is 1.98. The molecule has 0 aromatic heterocycles. The average Bonchev–Trinajstić information content (AvgIpc) is 2.48. The van der Waals surface area contributed by atoms with Gasteiger partial charge in [-0.25, -0.2) is 0 Å². The summed E-state index contributed by atoms with van der Waals surface area (Å²) in [5.41, 5.74) is 15.3. The van der Waals surface area contributed by atoms with Crippen LogP contribution < -0.4 is 11.5 Å². The smallest absolute Gasteiger partial charge is 0.120 e. The van der Waals surface area contributed by atoms with E-state index in [2.05, 4.69) is 26.0 Å². The van der Waals surface area contributed by atoms with Gasteiger partial charge in [-0.1, -0.05) is 43.3 Å². The van der Waals surface area contributed by atoms with Crippen LogP contribution in [0, 0.1) is 6.92 Å². The van der Waals surface area contributed by atoms with Crippen molar-refractivity contribution in [2.45, 2.75) is 33.4 Å². The van der Waals surface area contributed by atoms with Crippen molar-refractivity contribution in [1.82, 2.24) is 0 Å². The van der Waals surface area contributed by atoms with E-state index in [0.29, 0.717) is 18.8 Å². The van der Waals surface area contributed by atoms with E-state index in [4.69, 9.17) is 11.5 Å². The molecule has 0 radical (unpaired) electrons. The summed E-state index contributed by atoms with van der Waals surface area (Å²) >= 11 is 0. The standard InChI is InChI=1S/C9H13NO.C8H11N/c1-2-7-3-4-8(6-10)9(11)5-7;1-7-4-2-3-5-8(7)6-9/h3-5,11H,2,6,10H2,1H3;2-5H,6,9H2,1H3. The Balaban J connectivity index is 0.000000204. The molecule has 5 N–H and O–H groups in total. The molecular weight excluding hydrogens is 248 g/mol. The molecule has 0 heterocycles. The van der Waals surface area contributed by atoms with Gasteiger partial charge in [-0.15, -0.1) is 0 Å². The van der Waals surface area contributed by atoms with Gasteiger partial charge in [0.25, 0.3) is 0 Å². The van der Waals surface area contributed by atoms with Crippen LogP contribution in [0.4, 0.5) is 0 Å². The van der Waals surface area contributed by atoms with E-state index in [1.54, 1.807) is 6.07 Å². The summed E-state index contributed by atoms with van der Waals surface area (Å²) in [6.07, 6.45) is 0.943. The fourth-order valence-electron chi connectivity index (χ4n) is 1.84. The van der Waals surface area contributed by atoms with E-state index in [9.17, 15) is 5.11 Å². The van der Waals surface area contributed by atoms with Crippen molar-refractivity contribution in [1.29, 1.82) is 0 Å². The molecule has 0 aliphatic carbocycles. The lowest BCUT2D eigenvalue weighted by molar-refractivity contribution is 0.467. The predicted molar refractivity (Wildman–Crippen MR) is 84.4 cm³/mol. The lowest BCUT2D eigenvalue weighted by Gasteiger charge is -2.02.